The van der Waals surface area contributed by atoms with Crippen molar-refractivity contribution < 1.29 is 28.0 Å². The van der Waals surface area contributed by atoms with Crippen LogP contribution in [0.1, 0.15) is 159 Å². The highest BCUT2D eigenvalue weighted by molar-refractivity contribution is 7.43. The number of nitrogens with two attached hydrogens (primary N) is 1. The molecule has 0 saturated carbocycles. The molecule has 308 valence electrons. The first-order valence-electron chi connectivity index (χ1n) is 20.9. The summed E-state index contributed by atoms with van der Waals surface area (Å²) >= 11 is 0. The fourth-order valence-electron chi connectivity index (χ4n) is 6.79. The van der Waals surface area contributed by atoms with Crippen LogP contribution in [0.25, 0.3) is 5.52 Å². The maximum atomic E-state index is 14.0. The van der Waals surface area contributed by atoms with Gasteiger partial charge in [0.1, 0.15) is 23.8 Å². The van der Waals surface area contributed by atoms with Crippen molar-refractivity contribution in [2.45, 2.75) is 161 Å². The molecule has 1 aliphatic rings. The number of aromatic nitrogens is 3. The van der Waals surface area contributed by atoms with Crippen LogP contribution in [0.4, 0.5) is 10.2 Å². The zero-order valence-electron chi connectivity index (χ0n) is 33.7. The molecular weight excluding hydrogens is 718 g/mol. The van der Waals surface area contributed by atoms with Crippen LogP contribution in [0.15, 0.2) is 36.7 Å². The van der Waals surface area contributed by atoms with Crippen LogP contribution < -0.4 is 10.8 Å². The number of nitrogens with one attached hydrogen (secondary N) is 1. The molecule has 3 aromatic rings. The third-order valence-electron chi connectivity index (χ3n) is 9.80. The van der Waals surface area contributed by atoms with Crippen LogP contribution in [-0.4, -0.2) is 58.1 Å². The van der Waals surface area contributed by atoms with Gasteiger partial charge in [-0.3, -0.25) is 0 Å². The third-order valence-corrected chi connectivity index (χ3v) is 10.7. The van der Waals surface area contributed by atoms with Crippen LogP contribution in [0.2, 0.25) is 0 Å². The Morgan fingerprint density at radius 3 is 2.29 bits per heavy atom. The summed E-state index contributed by atoms with van der Waals surface area (Å²) in [4.78, 5) is 14.7. The Morgan fingerprint density at radius 1 is 0.982 bits per heavy atom. The first-order chi connectivity index (χ1) is 27.0. The lowest BCUT2D eigenvalue weighted by molar-refractivity contribution is -0.0229. The lowest BCUT2D eigenvalue weighted by Crippen LogP contribution is -2.31. The summed E-state index contributed by atoms with van der Waals surface area (Å²) in [5.41, 5.74) is 8.42. The van der Waals surface area contributed by atoms with E-state index in [9.17, 15) is 14.5 Å². The van der Waals surface area contributed by atoms with E-state index in [-0.39, 0.29) is 37.5 Å². The van der Waals surface area contributed by atoms with Crippen molar-refractivity contribution in [3.05, 3.63) is 59.3 Å². The average Bonchev–Trinajstić information content (AvgIpc) is 3.86. The zero-order valence-corrected chi connectivity index (χ0v) is 34.6. The monoisotopic (exact) mass is 786 g/mol. The standard InChI is InChI=1S/C40H62FN6O5P.C2H6/c1-2-3-4-5-6-7-8-9-10-11-12-13-14-15-16-17-22-49-29-36(50-28-33-23-32(26-42)24-34(41)25-33)27-46-53(48)51-30-35-18-21-39(52-35)37-19-20-38-40(43)44-31-45-47(37)38;1-2/h19-20,23-25,31,35-36,39,46,48H,2-18,21-22,27-30H2,1H3,(H2,43,44,45);1-2H3. The molecule has 1 fully saturated rings. The number of hydrogen-bond donors (Lipinski definition) is 3. The highest BCUT2D eigenvalue weighted by atomic mass is 31.2. The molecule has 3 heterocycles. The van der Waals surface area contributed by atoms with Crippen molar-refractivity contribution in [3.63, 3.8) is 0 Å². The first kappa shape index (κ1) is 46.6. The smallest absolute Gasteiger partial charge is 0.253 e. The summed E-state index contributed by atoms with van der Waals surface area (Å²) < 4.78 is 39.8. The summed E-state index contributed by atoms with van der Waals surface area (Å²) in [7, 11) is -1.95. The second kappa shape index (κ2) is 28.6. The number of unbranched alkanes of at least 4 members (excludes halogenated alkanes) is 15. The molecule has 1 saturated heterocycles. The number of nitrogens with zero attached hydrogens (tertiary/aromatic N) is 4. The molecule has 13 heteroatoms. The molecule has 0 spiro atoms. The SMILES string of the molecule is CC.CCCCCCCCCCCCCCCCCCOCC(CNP(O)OCC1CCC(c2ccc3c(N)ncnn23)O1)OCc1cc(F)cc(C#N)c1. The molecule has 0 radical (unpaired) electrons. The van der Waals surface area contributed by atoms with E-state index in [1.54, 1.807) is 10.6 Å². The highest BCUT2D eigenvalue weighted by Crippen LogP contribution is 2.36. The topological polar surface area (TPSA) is 149 Å². The first-order valence-corrected chi connectivity index (χ1v) is 22.2. The second-order valence-corrected chi connectivity index (χ2v) is 15.3. The van der Waals surface area contributed by atoms with Gasteiger partial charge in [0.2, 0.25) is 0 Å². The number of benzene rings is 1. The van der Waals surface area contributed by atoms with Gasteiger partial charge in [0.15, 0.2) is 5.82 Å². The number of rotatable bonds is 29. The van der Waals surface area contributed by atoms with Gasteiger partial charge in [-0.2, -0.15) is 10.4 Å². The van der Waals surface area contributed by atoms with Gasteiger partial charge in [-0.15, -0.1) is 0 Å². The van der Waals surface area contributed by atoms with Crippen LogP contribution in [0.3, 0.4) is 0 Å². The van der Waals surface area contributed by atoms with Gasteiger partial charge in [0.25, 0.3) is 8.53 Å². The molecule has 1 aromatic carbocycles. The molecule has 4 atom stereocenters. The largest absolute Gasteiger partial charge is 0.382 e. The summed E-state index contributed by atoms with van der Waals surface area (Å²) in [6, 6.07) is 9.98. The quantitative estimate of drug-likeness (QED) is 0.0458. The minimum absolute atomic E-state index is 0.105. The lowest BCUT2D eigenvalue weighted by atomic mass is 10.0. The van der Waals surface area contributed by atoms with E-state index in [1.165, 1.54) is 108 Å². The molecule has 11 nitrogen and oxygen atoms in total. The van der Waals surface area contributed by atoms with Crippen LogP contribution in [0, 0.1) is 17.1 Å². The Balaban J connectivity index is 0.00000399. The van der Waals surface area contributed by atoms with Gasteiger partial charge in [0, 0.05) is 13.2 Å². The summed E-state index contributed by atoms with van der Waals surface area (Å²) in [5, 5.41) is 16.6. The van der Waals surface area contributed by atoms with Crippen LogP contribution in [0.5, 0.6) is 0 Å². The molecule has 0 amide bonds. The molecule has 4 unspecified atom stereocenters. The van der Waals surface area contributed by atoms with Gasteiger partial charge in [0.05, 0.1) is 49.4 Å². The molecular formula is C42H68FN6O5P. The minimum atomic E-state index is -1.95. The van der Waals surface area contributed by atoms with E-state index in [0.29, 0.717) is 24.6 Å². The third kappa shape index (κ3) is 18.4. The molecule has 1 aliphatic heterocycles. The molecule has 55 heavy (non-hydrogen) atoms. The number of halogens is 1. The van der Waals surface area contributed by atoms with Crippen molar-refractivity contribution in [2.75, 3.05) is 32.1 Å². The molecule has 4 N–H and O–H groups in total. The number of nitrogen functional groups attached to an aromatic ring is 1. The Morgan fingerprint density at radius 2 is 1.64 bits per heavy atom. The van der Waals surface area contributed by atoms with Crippen molar-refractivity contribution in [2.24, 2.45) is 0 Å². The second-order valence-electron chi connectivity index (χ2n) is 14.2. The normalized spacial score (nSPS) is 16.5. The average molecular weight is 787 g/mol. The number of hydrogen-bond acceptors (Lipinski definition) is 10. The van der Waals surface area contributed by atoms with Crippen molar-refractivity contribution in [3.8, 4) is 6.07 Å². The van der Waals surface area contributed by atoms with Gasteiger partial charge < -0.3 is 29.4 Å². The zero-order chi connectivity index (χ0) is 39.5. The maximum absolute atomic E-state index is 14.0. The number of anilines is 1. The highest BCUT2D eigenvalue weighted by Gasteiger charge is 2.30. The fourth-order valence-corrected chi connectivity index (χ4v) is 7.55. The summed E-state index contributed by atoms with van der Waals surface area (Å²) in [5.74, 6) is -0.0693. The van der Waals surface area contributed by atoms with Gasteiger partial charge in [-0.05, 0) is 55.2 Å². The predicted octanol–water partition coefficient (Wildman–Crippen LogP) is 10.3. The van der Waals surface area contributed by atoms with E-state index < -0.39 is 20.4 Å². The van der Waals surface area contributed by atoms with Crippen molar-refractivity contribution >= 4 is 19.9 Å². The van der Waals surface area contributed by atoms with E-state index in [1.807, 2.05) is 32.0 Å². The van der Waals surface area contributed by atoms with E-state index in [0.717, 1.165) is 36.9 Å². The van der Waals surface area contributed by atoms with Crippen molar-refractivity contribution in [1.82, 2.24) is 19.7 Å². The summed E-state index contributed by atoms with van der Waals surface area (Å²) in [6.45, 7) is 7.81. The Bertz CT molecular complexity index is 1490. The van der Waals surface area contributed by atoms with Gasteiger partial charge in [-0.1, -0.05) is 117 Å². The van der Waals surface area contributed by atoms with Gasteiger partial charge in [-0.25, -0.2) is 19.0 Å². The number of nitriles is 1. The minimum Gasteiger partial charge on any atom is -0.382 e. The molecule has 4 rings (SSSR count). The van der Waals surface area contributed by atoms with Crippen LogP contribution >= 0.6 is 8.53 Å². The molecule has 2 aromatic heterocycles. The Hall–Kier alpha value is -2.75. The van der Waals surface area contributed by atoms with Crippen molar-refractivity contribution in [1.29, 1.82) is 5.26 Å². The van der Waals surface area contributed by atoms with E-state index in [2.05, 4.69) is 22.1 Å². The Labute approximate surface area is 330 Å². The lowest BCUT2D eigenvalue weighted by Gasteiger charge is -2.21. The van der Waals surface area contributed by atoms with E-state index >= 15 is 0 Å². The maximum Gasteiger partial charge on any atom is 0.253 e. The molecule has 0 aliphatic carbocycles. The number of ether oxygens (including phenoxy) is 3. The van der Waals surface area contributed by atoms with Gasteiger partial charge >= 0.3 is 0 Å². The summed E-state index contributed by atoms with van der Waals surface area (Å²) in [6.07, 6.45) is 23.3. The fraction of sp³-hybridized carbons (Fsp3) is 0.690. The predicted molar refractivity (Wildman–Crippen MR) is 219 cm³/mol. The van der Waals surface area contributed by atoms with E-state index in [4.69, 9.17) is 24.5 Å². The Kier molecular flexibility index (Phi) is 24.3. The molecule has 0 bridgehead atoms. The van der Waals surface area contributed by atoms with Crippen LogP contribution in [-0.2, 0) is 25.3 Å². The number of fused-ring (bicyclic) bond motifs is 1.